The Labute approximate surface area is 89.1 Å². The van der Waals surface area contributed by atoms with Gasteiger partial charge in [-0.25, -0.2) is 4.68 Å². The van der Waals surface area contributed by atoms with E-state index in [0.717, 1.165) is 24.0 Å². The minimum absolute atomic E-state index is 0.0914. The molecule has 3 rings (SSSR count). The second-order valence-electron chi connectivity index (χ2n) is 3.94. The Balaban J connectivity index is 2.12. The zero-order valence-electron chi connectivity index (χ0n) is 8.18. The number of aromatic amines is 1. The number of fused-ring (bicyclic) bond motifs is 1. The molecule has 2 heterocycles. The molecule has 0 saturated carbocycles. The topological polar surface area (TPSA) is 41.0 Å². The molecule has 1 aliphatic rings. The summed E-state index contributed by atoms with van der Waals surface area (Å²) in [6, 6.07) is 7.92. The third-order valence-corrected chi connectivity index (χ3v) is 3.29. The van der Waals surface area contributed by atoms with Crippen molar-refractivity contribution in [2.24, 2.45) is 0 Å². The van der Waals surface area contributed by atoms with Gasteiger partial charge in [0.1, 0.15) is 0 Å². The van der Waals surface area contributed by atoms with Crippen LogP contribution in [-0.2, 0) is 0 Å². The average Bonchev–Trinajstić information content (AvgIpc) is 2.52. The summed E-state index contributed by atoms with van der Waals surface area (Å²) < 4.78 is 3.86. The molecular formula is C10H12N3OP. The van der Waals surface area contributed by atoms with E-state index in [4.69, 9.17) is 0 Å². The largest absolute Gasteiger partial charge is 0.295 e. The summed E-state index contributed by atoms with van der Waals surface area (Å²) >= 11 is 0. The first-order valence-corrected chi connectivity index (χ1v) is 5.46. The van der Waals surface area contributed by atoms with Gasteiger partial charge in [0.05, 0.1) is 16.9 Å². The maximum Gasteiger partial charge on any atom is 0.274 e. The zero-order chi connectivity index (χ0) is 10.4. The van der Waals surface area contributed by atoms with Crippen LogP contribution in [0.25, 0.3) is 10.9 Å². The maximum absolute atomic E-state index is 12.0. The molecule has 1 aromatic carbocycles. The molecule has 15 heavy (non-hydrogen) atoms. The second kappa shape index (κ2) is 3.19. The summed E-state index contributed by atoms with van der Waals surface area (Å²) in [5, 5.41) is 3.93. The van der Waals surface area contributed by atoms with E-state index in [2.05, 4.69) is 19.2 Å². The Bertz CT molecular complexity index is 553. The lowest BCUT2D eigenvalue weighted by Crippen LogP contribution is -2.44. The van der Waals surface area contributed by atoms with Crippen LogP contribution in [0, 0.1) is 0 Å². The first kappa shape index (κ1) is 9.13. The molecule has 0 aliphatic carbocycles. The highest BCUT2D eigenvalue weighted by Gasteiger charge is 2.27. The van der Waals surface area contributed by atoms with Crippen LogP contribution < -0.4 is 5.56 Å². The van der Waals surface area contributed by atoms with Crippen molar-refractivity contribution in [3.05, 3.63) is 34.6 Å². The van der Waals surface area contributed by atoms with Crippen LogP contribution in [-0.4, -0.2) is 27.5 Å². The van der Waals surface area contributed by atoms with E-state index >= 15 is 0 Å². The van der Waals surface area contributed by atoms with E-state index in [1.165, 1.54) is 0 Å². The van der Waals surface area contributed by atoms with E-state index in [-0.39, 0.29) is 5.56 Å². The Morgan fingerprint density at radius 3 is 2.73 bits per heavy atom. The van der Waals surface area contributed by atoms with Crippen LogP contribution in [0.1, 0.15) is 6.04 Å². The van der Waals surface area contributed by atoms with Gasteiger partial charge in [-0.15, -0.1) is 0 Å². The molecule has 5 heteroatoms. The number of nitrogens with one attached hydrogen (secondary N) is 1. The molecule has 1 fully saturated rings. The molecule has 4 nitrogen and oxygen atoms in total. The number of benzene rings is 1. The lowest BCUT2D eigenvalue weighted by atomic mass is 10.2. The smallest absolute Gasteiger partial charge is 0.274 e. The van der Waals surface area contributed by atoms with Crippen LogP contribution in [0.2, 0.25) is 0 Å². The second-order valence-corrected chi connectivity index (χ2v) is 4.67. The number of hydrogen-bond acceptors (Lipinski definition) is 2. The van der Waals surface area contributed by atoms with Gasteiger partial charge in [0.2, 0.25) is 0 Å². The highest BCUT2D eigenvalue weighted by atomic mass is 31.0. The third-order valence-electron chi connectivity index (χ3n) is 2.87. The monoisotopic (exact) mass is 221 g/mol. The molecule has 1 atom stereocenters. The molecule has 0 amide bonds. The van der Waals surface area contributed by atoms with Crippen LogP contribution >= 0.6 is 9.39 Å². The van der Waals surface area contributed by atoms with Crippen molar-refractivity contribution in [3.63, 3.8) is 0 Å². The highest BCUT2D eigenvalue weighted by Crippen LogP contribution is 2.23. The van der Waals surface area contributed by atoms with Crippen LogP contribution in [0.3, 0.4) is 0 Å². The number of para-hydroxylation sites is 1. The predicted octanol–water partition coefficient (Wildman–Crippen LogP) is 0.976. The van der Waals surface area contributed by atoms with Crippen molar-refractivity contribution in [1.82, 2.24) is 14.5 Å². The maximum atomic E-state index is 12.0. The zero-order valence-corrected chi connectivity index (χ0v) is 9.34. The normalized spacial score (nSPS) is 18.2. The molecule has 1 aliphatic heterocycles. The molecule has 0 radical (unpaired) electrons. The van der Waals surface area contributed by atoms with Gasteiger partial charge in [0.15, 0.2) is 0 Å². The molecule has 1 unspecified atom stereocenters. The van der Waals surface area contributed by atoms with Crippen LogP contribution in [0.4, 0.5) is 0 Å². The van der Waals surface area contributed by atoms with Gasteiger partial charge in [-0.1, -0.05) is 21.5 Å². The third kappa shape index (κ3) is 1.33. The fourth-order valence-electron chi connectivity index (χ4n) is 1.99. The summed E-state index contributed by atoms with van der Waals surface area (Å²) in [5.74, 6) is 0. The van der Waals surface area contributed by atoms with Gasteiger partial charge >= 0.3 is 0 Å². The molecule has 1 saturated heterocycles. The SMILES string of the molecule is O=c1c2ccccc2[nH]n1C1CN(P)C1. The highest BCUT2D eigenvalue weighted by molar-refractivity contribution is 7.13. The van der Waals surface area contributed by atoms with Crippen LogP contribution in [0.15, 0.2) is 29.1 Å². The number of hydrogen-bond donors (Lipinski definition) is 1. The first-order chi connectivity index (χ1) is 7.25. The lowest BCUT2D eigenvalue weighted by molar-refractivity contribution is 0.204. The van der Waals surface area contributed by atoms with Crippen molar-refractivity contribution in [1.29, 1.82) is 0 Å². The van der Waals surface area contributed by atoms with Crippen molar-refractivity contribution in [2.75, 3.05) is 13.1 Å². The van der Waals surface area contributed by atoms with Gasteiger partial charge in [0.25, 0.3) is 5.56 Å². The summed E-state index contributed by atoms with van der Waals surface area (Å²) in [4.78, 5) is 12.0. The first-order valence-electron chi connectivity index (χ1n) is 4.94. The molecular weight excluding hydrogens is 209 g/mol. The number of aromatic nitrogens is 2. The number of H-pyrrole nitrogens is 1. The van der Waals surface area contributed by atoms with Gasteiger partial charge in [0, 0.05) is 13.1 Å². The summed E-state index contributed by atoms with van der Waals surface area (Å²) in [6.45, 7) is 1.83. The Kier molecular flexibility index (Phi) is 1.94. The fraction of sp³-hybridized carbons (Fsp3) is 0.300. The predicted molar refractivity (Wildman–Crippen MR) is 62.9 cm³/mol. The van der Waals surface area contributed by atoms with Gasteiger partial charge < -0.3 is 0 Å². The van der Waals surface area contributed by atoms with Crippen molar-refractivity contribution in [2.45, 2.75) is 6.04 Å². The van der Waals surface area contributed by atoms with E-state index in [1.807, 2.05) is 24.3 Å². The van der Waals surface area contributed by atoms with Gasteiger partial charge in [-0.3, -0.25) is 14.6 Å². The van der Waals surface area contributed by atoms with E-state index in [0.29, 0.717) is 6.04 Å². The molecule has 1 aromatic heterocycles. The van der Waals surface area contributed by atoms with Crippen LogP contribution in [0.5, 0.6) is 0 Å². The molecule has 1 N–H and O–H groups in total. The molecule has 0 spiro atoms. The minimum Gasteiger partial charge on any atom is -0.295 e. The molecule has 2 aromatic rings. The van der Waals surface area contributed by atoms with E-state index in [9.17, 15) is 4.79 Å². The van der Waals surface area contributed by atoms with E-state index < -0.39 is 0 Å². The molecule has 0 bridgehead atoms. The summed E-state index contributed by atoms with van der Waals surface area (Å²) in [7, 11) is 2.64. The standard InChI is InChI=1S/C10H12N3OP/c14-10-8-3-1-2-4-9(8)11-13(10)7-5-12(15)6-7/h1-4,7,11H,5-6,15H2. The Morgan fingerprint density at radius 1 is 1.33 bits per heavy atom. The lowest BCUT2D eigenvalue weighted by Gasteiger charge is -2.35. The average molecular weight is 221 g/mol. The Hall–Kier alpha value is -1.12. The summed E-state index contributed by atoms with van der Waals surface area (Å²) in [6.07, 6.45) is 0. The number of rotatable bonds is 1. The number of nitrogens with zero attached hydrogens (tertiary/aromatic N) is 2. The van der Waals surface area contributed by atoms with Gasteiger partial charge in [-0.2, -0.15) is 0 Å². The van der Waals surface area contributed by atoms with E-state index in [1.54, 1.807) is 4.68 Å². The van der Waals surface area contributed by atoms with Crippen molar-refractivity contribution in [3.8, 4) is 0 Å². The Morgan fingerprint density at radius 2 is 2.07 bits per heavy atom. The van der Waals surface area contributed by atoms with Crippen molar-refractivity contribution >= 4 is 20.3 Å². The quantitative estimate of drug-likeness (QED) is 0.729. The van der Waals surface area contributed by atoms with Gasteiger partial charge in [-0.05, 0) is 12.1 Å². The molecule has 78 valence electrons. The minimum atomic E-state index is 0.0914. The summed E-state index contributed by atoms with van der Waals surface area (Å²) in [5.41, 5.74) is 1.01. The fourth-order valence-corrected chi connectivity index (χ4v) is 2.47. The van der Waals surface area contributed by atoms with Crippen molar-refractivity contribution < 1.29 is 0 Å².